The molecule has 3 rings (SSSR count). The fourth-order valence-corrected chi connectivity index (χ4v) is 3.31. The van der Waals surface area contributed by atoms with Gasteiger partial charge in [0.05, 0.1) is 12.8 Å². The van der Waals surface area contributed by atoms with Crippen molar-refractivity contribution in [2.45, 2.75) is 45.6 Å². The van der Waals surface area contributed by atoms with E-state index < -0.39 is 0 Å². The first-order valence-corrected chi connectivity index (χ1v) is 9.12. The van der Waals surface area contributed by atoms with Crippen LogP contribution in [-0.4, -0.2) is 29.0 Å². The van der Waals surface area contributed by atoms with Crippen LogP contribution in [0.3, 0.4) is 0 Å². The lowest BCUT2D eigenvalue weighted by molar-refractivity contribution is 0.102. The molecule has 138 valence electrons. The zero-order valence-electron chi connectivity index (χ0n) is 15.2. The van der Waals surface area contributed by atoms with Gasteiger partial charge in [-0.2, -0.15) is 0 Å². The topological polar surface area (TPSA) is 76.1 Å². The van der Waals surface area contributed by atoms with Crippen LogP contribution in [0.15, 0.2) is 18.2 Å². The summed E-state index contributed by atoms with van der Waals surface area (Å²) in [5.74, 6) is 1.43. The molecule has 0 saturated heterocycles. The van der Waals surface area contributed by atoms with Crippen molar-refractivity contribution in [3.8, 4) is 5.75 Å². The number of carbonyl (C=O) groups excluding carboxylic acids is 1. The number of rotatable bonds is 5. The molecule has 0 spiro atoms. The standard InChI is InChI=1S/C19H23ClN4O2/c1-11-8-15(17(26-3)9-14(11)20)24-19(25)16-10-18(22-12(2)21-16)23-13-6-4-5-7-13/h8-10,13H,4-7H2,1-3H3,(H,24,25)(H,21,22,23). The monoisotopic (exact) mass is 374 g/mol. The van der Waals surface area contributed by atoms with Gasteiger partial charge >= 0.3 is 0 Å². The summed E-state index contributed by atoms with van der Waals surface area (Å²) in [6.45, 7) is 3.65. The van der Waals surface area contributed by atoms with Gasteiger partial charge in [0, 0.05) is 23.2 Å². The lowest BCUT2D eigenvalue weighted by Crippen LogP contribution is -2.19. The van der Waals surface area contributed by atoms with Gasteiger partial charge < -0.3 is 15.4 Å². The van der Waals surface area contributed by atoms with Gasteiger partial charge in [0.2, 0.25) is 0 Å². The number of nitrogens with one attached hydrogen (secondary N) is 2. The van der Waals surface area contributed by atoms with Crippen molar-refractivity contribution in [3.63, 3.8) is 0 Å². The second kappa shape index (κ2) is 7.91. The Kier molecular flexibility index (Phi) is 5.61. The fourth-order valence-electron chi connectivity index (χ4n) is 3.15. The van der Waals surface area contributed by atoms with E-state index in [1.807, 2.05) is 6.92 Å². The zero-order valence-corrected chi connectivity index (χ0v) is 16.0. The van der Waals surface area contributed by atoms with Crippen LogP contribution in [0, 0.1) is 13.8 Å². The van der Waals surface area contributed by atoms with Gasteiger partial charge in [0.1, 0.15) is 23.1 Å². The molecule has 1 amide bonds. The number of hydrogen-bond donors (Lipinski definition) is 2. The van der Waals surface area contributed by atoms with E-state index in [4.69, 9.17) is 16.3 Å². The number of anilines is 2. The SMILES string of the molecule is COc1cc(Cl)c(C)cc1NC(=O)c1cc(NC2CCCC2)nc(C)n1. The van der Waals surface area contributed by atoms with Crippen LogP contribution in [0.4, 0.5) is 11.5 Å². The molecule has 0 aliphatic heterocycles. The summed E-state index contributed by atoms with van der Waals surface area (Å²) in [5, 5.41) is 6.84. The zero-order chi connectivity index (χ0) is 18.7. The number of nitrogens with zero attached hydrogens (tertiary/aromatic N) is 2. The number of methoxy groups -OCH3 is 1. The smallest absolute Gasteiger partial charge is 0.274 e. The van der Waals surface area contributed by atoms with E-state index >= 15 is 0 Å². The van der Waals surface area contributed by atoms with E-state index in [1.165, 1.54) is 20.0 Å². The molecule has 2 N–H and O–H groups in total. The molecular weight excluding hydrogens is 352 g/mol. The molecule has 1 aliphatic rings. The second-order valence-corrected chi connectivity index (χ2v) is 6.97. The third-order valence-electron chi connectivity index (χ3n) is 4.51. The summed E-state index contributed by atoms with van der Waals surface area (Å²) in [7, 11) is 1.54. The Morgan fingerprint density at radius 1 is 1.19 bits per heavy atom. The lowest BCUT2D eigenvalue weighted by atomic mass is 10.2. The molecule has 1 aromatic heterocycles. The Balaban J connectivity index is 1.81. The lowest BCUT2D eigenvalue weighted by Gasteiger charge is -2.15. The summed E-state index contributed by atoms with van der Waals surface area (Å²) in [5.41, 5.74) is 1.72. The highest BCUT2D eigenvalue weighted by Gasteiger charge is 2.18. The first kappa shape index (κ1) is 18.5. The minimum atomic E-state index is -0.315. The highest BCUT2D eigenvalue weighted by Crippen LogP contribution is 2.31. The quantitative estimate of drug-likeness (QED) is 0.813. The molecular formula is C19H23ClN4O2. The van der Waals surface area contributed by atoms with E-state index in [2.05, 4.69) is 20.6 Å². The Morgan fingerprint density at radius 3 is 2.62 bits per heavy atom. The molecule has 6 nitrogen and oxygen atoms in total. The minimum Gasteiger partial charge on any atom is -0.495 e. The maximum absolute atomic E-state index is 12.7. The summed E-state index contributed by atoms with van der Waals surface area (Å²) in [6, 6.07) is 5.57. The Bertz CT molecular complexity index is 819. The normalized spacial score (nSPS) is 14.3. The van der Waals surface area contributed by atoms with Crippen LogP contribution in [-0.2, 0) is 0 Å². The van der Waals surface area contributed by atoms with E-state index in [1.54, 1.807) is 25.1 Å². The number of aromatic nitrogens is 2. The van der Waals surface area contributed by atoms with Crippen molar-refractivity contribution < 1.29 is 9.53 Å². The maximum Gasteiger partial charge on any atom is 0.274 e. The van der Waals surface area contributed by atoms with Crippen LogP contribution in [0.5, 0.6) is 5.75 Å². The third-order valence-corrected chi connectivity index (χ3v) is 4.91. The van der Waals surface area contributed by atoms with Crippen molar-refractivity contribution in [2.24, 2.45) is 0 Å². The maximum atomic E-state index is 12.7. The molecule has 2 aromatic rings. The number of aryl methyl sites for hydroxylation is 2. The van der Waals surface area contributed by atoms with Crippen LogP contribution < -0.4 is 15.4 Å². The molecule has 1 saturated carbocycles. The van der Waals surface area contributed by atoms with Gasteiger partial charge in [0.25, 0.3) is 5.91 Å². The molecule has 1 heterocycles. The van der Waals surface area contributed by atoms with E-state index in [0.29, 0.717) is 39.8 Å². The average Bonchev–Trinajstić information content (AvgIpc) is 3.10. The van der Waals surface area contributed by atoms with Crippen molar-refractivity contribution >= 4 is 29.0 Å². The van der Waals surface area contributed by atoms with Crippen molar-refractivity contribution in [3.05, 3.63) is 40.3 Å². The summed E-state index contributed by atoms with van der Waals surface area (Å²) in [6.07, 6.45) is 4.72. The summed E-state index contributed by atoms with van der Waals surface area (Å²) < 4.78 is 5.31. The Morgan fingerprint density at radius 2 is 1.92 bits per heavy atom. The molecule has 0 bridgehead atoms. The van der Waals surface area contributed by atoms with Gasteiger partial charge in [-0.15, -0.1) is 0 Å². The molecule has 0 atom stereocenters. The minimum absolute atomic E-state index is 0.313. The number of halogens is 1. The summed E-state index contributed by atoms with van der Waals surface area (Å²) >= 11 is 6.12. The van der Waals surface area contributed by atoms with Gasteiger partial charge in [-0.25, -0.2) is 9.97 Å². The van der Waals surface area contributed by atoms with Gasteiger partial charge in [0.15, 0.2) is 0 Å². The van der Waals surface area contributed by atoms with Gasteiger partial charge in [-0.3, -0.25) is 4.79 Å². The van der Waals surface area contributed by atoms with Crippen LogP contribution in [0.2, 0.25) is 5.02 Å². The fraction of sp³-hybridized carbons (Fsp3) is 0.421. The van der Waals surface area contributed by atoms with Crippen LogP contribution >= 0.6 is 11.6 Å². The predicted molar refractivity (Wildman–Crippen MR) is 103 cm³/mol. The van der Waals surface area contributed by atoms with Crippen LogP contribution in [0.25, 0.3) is 0 Å². The summed E-state index contributed by atoms with van der Waals surface area (Å²) in [4.78, 5) is 21.4. The molecule has 1 fully saturated rings. The van der Waals surface area contributed by atoms with Crippen molar-refractivity contribution in [1.82, 2.24) is 9.97 Å². The Labute approximate surface area is 158 Å². The third kappa shape index (κ3) is 4.25. The van der Waals surface area contributed by atoms with Crippen LogP contribution in [0.1, 0.15) is 47.6 Å². The molecule has 1 aromatic carbocycles. The van der Waals surface area contributed by atoms with Gasteiger partial charge in [-0.1, -0.05) is 24.4 Å². The number of ether oxygens (including phenoxy) is 1. The molecule has 0 unspecified atom stereocenters. The largest absolute Gasteiger partial charge is 0.495 e. The van der Waals surface area contributed by atoms with Crippen molar-refractivity contribution in [1.29, 1.82) is 0 Å². The van der Waals surface area contributed by atoms with Gasteiger partial charge in [-0.05, 0) is 38.3 Å². The predicted octanol–water partition coefficient (Wildman–Crippen LogP) is 4.36. The highest BCUT2D eigenvalue weighted by atomic mass is 35.5. The van der Waals surface area contributed by atoms with Crippen molar-refractivity contribution in [2.75, 3.05) is 17.7 Å². The molecule has 1 aliphatic carbocycles. The molecule has 7 heteroatoms. The molecule has 0 radical (unpaired) electrons. The van der Waals surface area contributed by atoms with E-state index in [9.17, 15) is 4.79 Å². The first-order valence-electron chi connectivity index (χ1n) is 8.74. The first-order chi connectivity index (χ1) is 12.5. The number of amides is 1. The average molecular weight is 375 g/mol. The van der Waals surface area contributed by atoms with E-state index in [-0.39, 0.29) is 5.91 Å². The van der Waals surface area contributed by atoms with E-state index in [0.717, 1.165) is 18.4 Å². The number of benzene rings is 1. The number of carbonyl (C=O) groups is 1. The highest BCUT2D eigenvalue weighted by molar-refractivity contribution is 6.31. The number of hydrogen-bond acceptors (Lipinski definition) is 5. The Hall–Kier alpha value is -2.34. The molecule has 26 heavy (non-hydrogen) atoms. The second-order valence-electron chi connectivity index (χ2n) is 6.57.